The molecule has 5 rings (SSSR count). The fourth-order valence-electron chi connectivity index (χ4n) is 4.46. The van der Waals surface area contributed by atoms with Crippen molar-refractivity contribution in [2.24, 2.45) is 0 Å². The molecule has 10 heteroatoms. The van der Waals surface area contributed by atoms with E-state index in [0.717, 1.165) is 40.7 Å². The molecule has 1 fully saturated rings. The van der Waals surface area contributed by atoms with Crippen LogP contribution in [0.3, 0.4) is 0 Å². The Morgan fingerprint density at radius 1 is 1.17 bits per heavy atom. The molecular formula is C25H30N8O2. The highest BCUT2D eigenvalue weighted by Crippen LogP contribution is 2.35. The van der Waals surface area contributed by atoms with Gasteiger partial charge in [-0.05, 0) is 45.0 Å². The van der Waals surface area contributed by atoms with E-state index in [1.807, 2.05) is 44.2 Å². The number of nitrogens with one attached hydrogen (secondary N) is 2. The molecule has 0 aliphatic carbocycles. The smallest absolute Gasteiger partial charge is 0.319 e. The molecule has 0 saturated carbocycles. The first-order chi connectivity index (χ1) is 17.0. The third kappa shape index (κ3) is 4.88. The lowest BCUT2D eigenvalue weighted by Gasteiger charge is -2.35. The number of morpholine rings is 1. The van der Waals surface area contributed by atoms with Crippen molar-refractivity contribution in [2.75, 3.05) is 41.4 Å². The number of hydrogen-bond donors (Lipinski definition) is 2. The maximum absolute atomic E-state index is 11.8. The molecular weight excluding hydrogens is 444 g/mol. The minimum atomic E-state index is -0.224. The summed E-state index contributed by atoms with van der Waals surface area (Å²) in [6, 6.07) is 9.61. The Morgan fingerprint density at radius 3 is 2.74 bits per heavy atom. The van der Waals surface area contributed by atoms with E-state index in [-0.39, 0.29) is 12.1 Å². The normalized spacial score (nSPS) is 17.3. The second-order valence-corrected chi connectivity index (χ2v) is 8.85. The topological polar surface area (TPSA) is 108 Å². The molecule has 2 N–H and O–H groups in total. The molecule has 35 heavy (non-hydrogen) atoms. The number of carbonyl (C=O) groups excluding carboxylic acids is 1. The largest absolute Gasteiger partial charge is 0.377 e. The molecule has 0 radical (unpaired) electrons. The molecule has 0 spiro atoms. The number of urea groups is 1. The first-order valence-corrected chi connectivity index (χ1v) is 11.9. The van der Waals surface area contributed by atoms with E-state index in [4.69, 9.17) is 14.7 Å². The van der Waals surface area contributed by atoms with Gasteiger partial charge < -0.3 is 25.2 Å². The van der Waals surface area contributed by atoms with E-state index in [1.165, 1.54) is 0 Å². The van der Waals surface area contributed by atoms with E-state index in [1.54, 1.807) is 6.33 Å². The van der Waals surface area contributed by atoms with Crippen molar-refractivity contribution < 1.29 is 9.53 Å². The van der Waals surface area contributed by atoms with Gasteiger partial charge in [0, 0.05) is 41.7 Å². The van der Waals surface area contributed by atoms with E-state index in [2.05, 4.69) is 37.3 Å². The second-order valence-electron chi connectivity index (χ2n) is 8.85. The number of carbonyl (C=O) groups is 1. The Hall–Kier alpha value is -3.79. The molecule has 1 unspecified atom stereocenters. The molecule has 10 nitrogen and oxygen atoms in total. The standard InChI is InChI=1S/C25H30N8O2/c1-4-26-25(34)29-19-7-5-18(6-8-19)23-30-21-13-32(22-11-16(2)27-15-28-22)12-20(21)24(31-23)33-9-10-35-14-17(33)3/h5-8,11,15,17H,4,9-10,12-14H2,1-3H3,(H2,26,29,34). The number of nitrogens with zero attached hydrogens (tertiary/aromatic N) is 6. The summed E-state index contributed by atoms with van der Waals surface area (Å²) in [5.74, 6) is 2.51. The van der Waals surface area contributed by atoms with Gasteiger partial charge in [-0.15, -0.1) is 0 Å². The molecule has 1 saturated heterocycles. The van der Waals surface area contributed by atoms with Gasteiger partial charge in [0.1, 0.15) is 18.0 Å². The van der Waals surface area contributed by atoms with Crippen LogP contribution in [0, 0.1) is 6.92 Å². The number of aryl methyl sites for hydroxylation is 1. The molecule has 2 aliphatic rings. The Bertz CT molecular complexity index is 1220. The van der Waals surface area contributed by atoms with Crippen LogP contribution >= 0.6 is 0 Å². The van der Waals surface area contributed by atoms with E-state index >= 15 is 0 Å². The van der Waals surface area contributed by atoms with Gasteiger partial charge in [0.05, 0.1) is 38.0 Å². The van der Waals surface area contributed by atoms with Crippen molar-refractivity contribution in [3.8, 4) is 11.4 Å². The number of benzene rings is 1. The zero-order chi connectivity index (χ0) is 24.4. The highest BCUT2D eigenvalue weighted by atomic mass is 16.5. The van der Waals surface area contributed by atoms with Crippen LogP contribution < -0.4 is 20.4 Å². The number of hydrogen-bond acceptors (Lipinski definition) is 8. The number of ether oxygens (including phenoxy) is 1. The van der Waals surface area contributed by atoms with Gasteiger partial charge in [-0.1, -0.05) is 0 Å². The van der Waals surface area contributed by atoms with Crippen LogP contribution in [0.5, 0.6) is 0 Å². The van der Waals surface area contributed by atoms with E-state index in [0.29, 0.717) is 44.4 Å². The van der Waals surface area contributed by atoms with Gasteiger partial charge >= 0.3 is 6.03 Å². The summed E-state index contributed by atoms with van der Waals surface area (Å²) in [4.78, 5) is 35.1. The van der Waals surface area contributed by atoms with Crippen LogP contribution in [0.15, 0.2) is 36.7 Å². The molecule has 2 amide bonds. The number of aromatic nitrogens is 4. The summed E-state index contributed by atoms with van der Waals surface area (Å²) in [5.41, 5.74) is 4.68. The van der Waals surface area contributed by atoms with Crippen molar-refractivity contribution in [2.45, 2.75) is 39.9 Å². The van der Waals surface area contributed by atoms with Gasteiger partial charge in [-0.25, -0.2) is 24.7 Å². The van der Waals surface area contributed by atoms with Crippen LogP contribution in [-0.2, 0) is 17.8 Å². The molecule has 4 heterocycles. The van der Waals surface area contributed by atoms with Crippen molar-refractivity contribution in [1.29, 1.82) is 0 Å². The summed E-state index contributed by atoms with van der Waals surface area (Å²) in [6.07, 6.45) is 1.60. The lowest BCUT2D eigenvalue weighted by atomic mass is 10.1. The van der Waals surface area contributed by atoms with Gasteiger partial charge in [-0.2, -0.15) is 0 Å². The SMILES string of the molecule is CCNC(=O)Nc1ccc(-c2nc3c(c(N4CCOCC4C)n2)CN(c2cc(C)ncn2)C3)cc1. The summed E-state index contributed by atoms with van der Waals surface area (Å²) in [7, 11) is 0. The fourth-order valence-corrected chi connectivity index (χ4v) is 4.46. The van der Waals surface area contributed by atoms with Crippen LogP contribution in [-0.4, -0.2) is 58.3 Å². The van der Waals surface area contributed by atoms with E-state index < -0.39 is 0 Å². The monoisotopic (exact) mass is 474 g/mol. The fraction of sp³-hybridized carbons (Fsp3) is 0.400. The zero-order valence-corrected chi connectivity index (χ0v) is 20.3. The van der Waals surface area contributed by atoms with Crippen molar-refractivity contribution in [3.63, 3.8) is 0 Å². The molecule has 182 valence electrons. The lowest BCUT2D eigenvalue weighted by molar-refractivity contribution is 0.0984. The molecule has 2 aromatic heterocycles. The Kier molecular flexibility index (Phi) is 6.45. The number of amides is 2. The molecule has 2 aliphatic heterocycles. The Balaban J connectivity index is 1.49. The minimum absolute atomic E-state index is 0.217. The van der Waals surface area contributed by atoms with E-state index in [9.17, 15) is 4.79 Å². The first-order valence-electron chi connectivity index (χ1n) is 11.9. The van der Waals surface area contributed by atoms with Crippen LogP contribution in [0.4, 0.5) is 22.1 Å². The average molecular weight is 475 g/mol. The number of rotatable bonds is 5. The minimum Gasteiger partial charge on any atom is -0.377 e. The number of fused-ring (bicyclic) bond motifs is 1. The Morgan fingerprint density at radius 2 is 2.00 bits per heavy atom. The quantitative estimate of drug-likeness (QED) is 0.581. The predicted molar refractivity (Wildman–Crippen MR) is 134 cm³/mol. The van der Waals surface area contributed by atoms with Crippen LogP contribution in [0.25, 0.3) is 11.4 Å². The second kappa shape index (κ2) is 9.83. The first kappa shape index (κ1) is 23.0. The average Bonchev–Trinajstić information content (AvgIpc) is 3.29. The molecule has 0 bridgehead atoms. The predicted octanol–water partition coefficient (Wildman–Crippen LogP) is 3.13. The summed E-state index contributed by atoms with van der Waals surface area (Å²) in [6.45, 7) is 10.1. The maximum Gasteiger partial charge on any atom is 0.319 e. The number of anilines is 3. The van der Waals surface area contributed by atoms with Gasteiger partial charge in [0.15, 0.2) is 5.82 Å². The Labute approximate surface area is 204 Å². The summed E-state index contributed by atoms with van der Waals surface area (Å²) >= 11 is 0. The van der Waals surface area contributed by atoms with Gasteiger partial charge in [0.25, 0.3) is 0 Å². The third-order valence-electron chi connectivity index (χ3n) is 6.25. The van der Waals surface area contributed by atoms with Gasteiger partial charge in [-0.3, -0.25) is 0 Å². The third-order valence-corrected chi connectivity index (χ3v) is 6.25. The van der Waals surface area contributed by atoms with Crippen LogP contribution in [0.2, 0.25) is 0 Å². The highest BCUT2D eigenvalue weighted by molar-refractivity contribution is 5.89. The van der Waals surface area contributed by atoms with Gasteiger partial charge in [0.2, 0.25) is 0 Å². The maximum atomic E-state index is 11.8. The molecule has 1 aromatic carbocycles. The van der Waals surface area contributed by atoms with Crippen molar-refractivity contribution >= 4 is 23.4 Å². The van der Waals surface area contributed by atoms with Crippen LogP contribution in [0.1, 0.15) is 30.8 Å². The van der Waals surface area contributed by atoms with Crippen molar-refractivity contribution in [3.05, 3.63) is 53.6 Å². The molecule has 3 aromatic rings. The summed E-state index contributed by atoms with van der Waals surface area (Å²) in [5, 5.41) is 5.56. The zero-order valence-electron chi connectivity index (χ0n) is 20.3. The lowest BCUT2D eigenvalue weighted by Crippen LogP contribution is -2.44. The van der Waals surface area contributed by atoms with Crippen molar-refractivity contribution in [1.82, 2.24) is 25.3 Å². The highest BCUT2D eigenvalue weighted by Gasteiger charge is 2.31. The molecule has 1 atom stereocenters. The summed E-state index contributed by atoms with van der Waals surface area (Å²) < 4.78 is 5.68.